The summed E-state index contributed by atoms with van der Waals surface area (Å²) in [5, 5.41) is 4.11. The van der Waals surface area contributed by atoms with Gasteiger partial charge in [0.05, 0.1) is 5.69 Å². The number of aryl methyl sites for hydroxylation is 1. The van der Waals surface area contributed by atoms with E-state index in [4.69, 9.17) is 5.73 Å². The van der Waals surface area contributed by atoms with E-state index in [1.165, 1.54) is 0 Å². The first-order chi connectivity index (χ1) is 5.24. The first kappa shape index (κ1) is 8.49. The van der Waals surface area contributed by atoms with Crippen LogP contribution in [0, 0.1) is 0 Å². The van der Waals surface area contributed by atoms with E-state index in [1.54, 1.807) is 4.68 Å². The van der Waals surface area contributed by atoms with Crippen molar-refractivity contribution < 1.29 is 0 Å². The highest BCUT2D eigenvalue weighted by Gasteiger charge is 1.96. The summed E-state index contributed by atoms with van der Waals surface area (Å²) in [5.41, 5.74) is 6.35. The summed E-state index contributed by atoms with van der Waals surface area (Å²) in [6.07, 6.45) is 3.83. The molecule has 3 nitrogen and oxygen atoms in total. The smallest absolute Gasteiger partial charge is 0.128 e. The molecule has 1 rings (SSSR count). The van der Waals surface area contributed by atoms with Gasteiger partial charge in [0.15, 0.2) is 0 Å². The van der Waals surface area contributed by atoms with Gasteiger partial charge in [-0.15, -0.1) is 0 Å². The van der Waals surface area contributed by atoms with Crippen molar-refractivity contribution in [3.63, 3.8) is 0 Å². The third-order valence-electron chi connectivity index (χ3n) is 1.31. The van der Waals surface area contributed by atoms with E-state index in [1.807, 2.05) is 25.3 Å². The SMILES string of the molecule is Cn1nc(Br)cc1/C=C/CN. The van der Waals surface area contributed by atoms with Crippen LogP contribution in [0.3, 0.4) is 0 Å². The van der Waals surface area contributed by atoms with Crippen LogP contribution in [0.25, 0.3) is 6.08 Å². The number of hydrogen-bond donors (Lipinski definition) is 1. The van der Waals surface area contributed by atoms with E-state index < -0.39 is 0 Å². The highest BCUT2D eigenvalue weighted by molar-refractivity contribution is 9.10. The van der Waals surface area contributed by atoms with E-state index in [0.717, 1.165) is 10.3 Å². The first-order valence-corrected chi connectivity index (χ1v) is 4.09. The van der Waals surface area contributed by atoms with Crippen molar-refractivity contribution in [2.24, 2.45) is 12.8 Å². The van der Waals surface area contributed by atoms with E-state index in [9.17, 15) is 0 Å². The molecule has 0 amide bonds. The van der Waals surface area contributed by atoms with Gasteiger partial charge in [0.1, 0.15) is 4.60 Å². The van der Waals surface area contributed by atoms with Gasteiger partial charge in [0.2, 0.25) is 0 Å². The summed E-state index contributed by atoms with van der Waals surface area (Å²) in [5.74, 6) is 0. The largest absolute Gasteiger partial charge is 0.327 e. The fraction of sp³-hybridized carbons (Fsp3) is 0.286. The fourth-order valence-electron chi connectivity index (χ4n) is 0.790. The molecule has 0 aromatic carbocycles. The lowest BCUT2D eigenvalue weighted by Crippen LogP contribution is -1.95. The third kappa shape index (κ3) is 2.17. The molecule has 0 saturated carbocycles. The van der Waals surface area contributed by atoms with Crippen molar-refractivity contribution in [1.82, 2.24) is 9.78 Å². The Morgan fingerprint density at radius 1 is 1.82 bits per heavy atom. The number of nitrogens with zero attached hydrogens (tertiary/aromatic N) is 2. The molecule has 0 aliphatic rings. The number of hydrogen-bond acceptors (Lipinski definition) is 2. The van der Waals surface area contributed by atoms with Crippen LogP contribution < -0.4 is 5.73 Å². The summed E-state index contributed by atoms with van der Waals surface area (Å²) < 4.78 is 2.63. The van der Waals surface area contributed by atoms with Crippen molar-refractivity contribution in [2.75, 3.05) is 6.54 Å². The van der Waals surface area contributed by atoms with Crippen LogP contribution >= 0.6 is 15.9 Å². The van der Waals surface area contributed by atoms with Crippen LogP contribution in [-0.4, -0.2) is 16.3 Å². The third-order valence-corrected chi connectivity index (χ3v) is 1.70. The van der Waals surface area contributed by atoms with Gasteiger partial charge in [-0.3, -0.25) is 4.68 Å². The lowest BCUT2D eigenvalue weighted by Gasteiger charge is -1.91. The lowest BCUT2D eigenvalue weighted by atomic mass is 10.4. The molecule has 4 heteroatoms. The van der Waals surface area contributed by atoms with Gasteiger partial charge in [-0.05, 0) is 28.1 Å². The van der Waals surface area contributed by atoms with Crippen LogP contribution in [0.2, 0.25) is 0 Å². The second kappa shape index (κ2) is 3.69. The monoisotopic (exact) mass is 215 g/mol. The second-order valence-corrected chi connectivity index (χ2v) is 2.97. The standard InChI is InChI=1S/C7H10BrN3/c1-11-6(3-2-4-9)5-7(8)10-11/h2-3,5H,4,9H2,1H3/b3-2+. The van der Waals surface area contributed by atoms with Gasteiger partial charge in [0, 0.05) is 13.6 Å². The molecule has 0 spiro atoms. The van der Waals surface area contributed by atoms with Gasteiger partial charge in [-0.1, -0.05) is 6.08 Å². The zero-order chi connectivity index (χ0) is 8.27. The van der Waals surface area contributed by atoms with Gasteiger partial charge in [0.25, 0.3) is 0 Å². The predicted octanol–water partition coefficient (Wildman–Crippen LogP) is 1.15. The quantitative estimate of drug-likeness (QED) is 0.805. The van der Waals surface area contributed by atoms with E-state index in [0.29, 0.717) is 6.54 Å². The summed E-state index contributed by atoms with van der Waals surface area (Å²) >= 11 is 3.28. The number of halogens is 1. The molecule has 11 heavy (non-hydrogen) atoms. The molecule has 0 aliphatic heterocycles. The zero-order valence-electron chi connectivity index (χ0n) is 6.29. The summed E-state index contributed by atoms with van der Waals surface area (Å²) in [6.45, 7) is 0.558. The Bertz CT molecular complexity index is 265. The molecule has 0 fully saturated rings. The topological polar surface area (TPSA) is 43.8 Å². The van der Waals surface area contributed by atoms with Crippen LogP contribution in [0.15, 0.2) is 16.7 Å². The average molecular weight is 216 g/mol. The molecule has 0 saturated heterocycles. The Morgan fingerprint density at radius 3 is 3.00 bits per heavy atom. The molecule has 0 aliphatic carbocycles. The first-order valence-electron chi connectivity index (χ1n) is 3.30. The van der Waals surface area contributed by atoms with E-state index in [2.05, 4.69) is 21.0 Å². The highest BCUT2D eigenvalue weighted by Crippen LogP contribution is 2.10. The van der Waals surface area contributed by atoms with Crippen molar-refractivity contribution in [3.8, 4) is 0 Å². The minimum absolute atomic E-state index is 0.558. The molecule has 0 radical (unpaired) electrons. The molecule has 1 aromatic heterocycles. The molecular weight excluding hydrogens is 206 g/mol. The average Bonchev–Trinajstić information content (AvgIpc) is 2.26. The Kier molecular flexibility index (Phi) is 2.84. The predicted molar refractivity (Wildman–Crippen MR) is 49.0 cm³/mol. The molecule has 0 bridgehead atoms. The molecule has 1 aromatic rings. The number of rotatable bonds is 2. The molecule has 2 N–H and O–H groups in total. The van der Waals surface area contributed by atoms with Crippen molar-refractivity contribution in [2.45, 2.75) is 0 Å². The summed E-state index contributed by atoms with van der Waals surface area (Å²) in [4.78, 5) is 0. The second-order valence-electron chi connectivity index (χ2n) is 2.15. The lowest BCUT2D eigenvalue weighted by molar-refractivity contribution is 0.753. The Hall–Kier alpha value is -0.610. The zero-order valence-corrected chi connectivity index (χ0v) is 7.87. The fourth-order valence-corrected chi connectivity index (χ4v) is 1.26. The molecule has 60 valence electrons. The Morgan fingerprint density at radius 2 is 2.55 bits per heavy atom. The Labute approximate surface area is 74.0 Å². The minimum Gasteiger partial charge on any atom is -0.327 e. The highest BCUT2D eigenvalue weighted by atomic mass is 79.9. The maximum Gasteiger partial charge on any atom is 0.128 e. The van der Waals surface area contributed by atoms with E-state index in [-0.39, 0.29) is 0 Å². The Balaban J connectivity index is 2.85. The van der Waals surface area contributed by atoms with Crippen molar-refractivity contribution in [1.29, 1.82) is 0 Å². The minimum atomic E-state index is 0.558. The normalized spacial score (nSPS) is 11.2. The molecule has 0 unspecified atom stereocenters. The molecule has 0 atom stereocenters. The molecular formula is C7H10BrN3. The van der Waals surface area contributed by atoms with Gasteiger partial charge in [-0.2, -0.15) is 5.10 Å². The number of aromatic nitrogens is 2. The maximum atomic E-state index is 5.31. The van der Waals surface area contributed by atoms with Crippen LogP contribution in [0.4, 0.5) is 0 Å². The summed E-state index contributed by atoms with van der Waals surface area (Å²) in [6, 6.07) is 1.94. The van der Waals surface area contributed by atoms with Crippen LogP contribution in [0.1, 0.15) is 5.69 Å². The van der Waals surface area contributed by atoms with Crippen molar-refractivity contribution in [3.05, 3.63) is 22.4 Å². The summed E-state index contributed by atoms with van der Waals surface area (Å²) in [7, 11) is 1.89. The van der Waals surface area contributed by atoms with Gasteiger partial charge >= 0.3 is 0 Å². The maximum absolute atomic E-state index is 5.31. The van der Waals surface area contributed by atoms with Crippen LogP contribution in [-0.2, 0) is 7.05 Å². The molecule has 1 heterocycles. The number of nitrogens with two attached hydrogens (primary N) is 1. The van der Waals surface area contributed by atoms with Gasteiger partial charge < -0.3 is 5.73 Å². The van der Waals surface area contributed by atoms with Gasteiger partial charge in [-0.25, -0.2) is 0 Å². The van der Waals surface area contributed by atoms with E-state index >= 15 is 0 Å². The van der Waals surface area contributed by atoms with Crippen LogP contribution in [0.5, 0.6) is 0 Å². The van der Waals surface area contributed by atoms with Crippen molar-refractivity contribution >= 4 is 22.0 Å².